The number of hydrogen-bond acceptors (Lipinski definition) is 6. The van der Waals surface area contributed by atoms with Gasteiger partial charge in [-0.05, 0) is 18.6 Å². The molecule has 1 saturated heterocycles. The molecule has 1 aromatic heterocycles. The van der Waals surface area contributed by atoms with Crippen LogP contribution in [-0.2, 0) is 9.84 Å². The SMILES string of the molecule is Nc1nc2ccccc2nc1N1CCCS(=O)(=O)CC1. The number of sulfone groups is 1. The van der Waals surface area contributed by atoms with Crippen molar-refractivity contribution >= 4 is 32.5 Å². The Bertz CT molecular complexity index is 745. The summed E-state index contributed by atoms with van der Waals surface area (Å²) in [6, 6.07) is 7.51. The number of hydrogen-bond donors (Lipinski definition) is 1. The van der Waals surface area contributed by atoms with E-state index in [4.69, 9.17) is 5.73 Å². The Hall–Kier alpha value is -1.89. The van der Waals surface area contributed by atoms with Gasteiger partial charge in [-0.15, -0.1) is 0 Å². The van der Waals surface area contributed by atoms with Crippen molar-refractivity contribution in [2.75, 3.05) is 35.2 Å². The number of benzene rings is 1. The van der Waals surface area contributed by atoms with Gasteiger partial charge in [-0.1, -0.05) is 12.1 Å². The summed E-state index contributed by atoms with van der Waals surface area (Å²) in [5.74, 6) is 1.30. The molecular formula is C13H16N4O2S. The van der Waals surface area contributed by atoms with E-state index in [1.54, 1.807) is 0 Å². The lowest BCUT2D eigenvalue weighted by molar-refractivity contribution is 0.597. The van der Waals surface area contributed by atoms with Gasteiger partial charge in [0.2, 0.25) is 0 Å². The summed E-state index contributed by atoms with van der Waals surface area (Å²) in [6.45, 7) is 1.05. The average molecular weight is 292 g/mol. The second kappa shape index (κ2) is 4.90. The molecule has 2 heterocycles. The lowest BCUT2D eigenvalue weighted by atomic mass is 10.3. The van der Waals surface area contributed by atoms with E-state index in [2.05, 4.69) is 9.97 Å². The minimum Gasteiger partial charge on any atom is -0.381 e. The maximum atomic E-state index is 11.7. The largest absolute Gasteiger partial charge is 0.381 e. The van der Waals surface area contributed by atoms with Crippen molar-refractivity contribution < 1.29 is 8.42 Å². The van der Waals surface area contributed by atoms with Crippen molar-refractivity contribution in [2.45, 2.75) is 6.42 Å². The molecule has 20 heavy (non-hydrogen) atoms. The average Bonchev–Trinajstić information content (AvgIpc) is 2.59. The third kappa shape index (κ3) is 2.53. The third-order valence-corrected chi connectivity index (χ3v) is 5.15. The molecule has 0 atom stereocenters. The molecule has 3 rings (SSSR count). The fourth-order valence-corrected chi connectivity index (χ4v) is 3.66. The van der Waals surface area contributed by atoms with Crippen molar-refractivity contribution in [2.24, 2.45) is 0 Å². The standard InChI is InChI=1S/C13H16N4O2S/c14-12-13(16-11-5-2-1-4-10(11)15-12)17-6-3-8-20(18,19)9-7-17/h1-2,4-5H,3,6-9H2,(H2,14,15). The Morgan fingerprint density at radius 3 is 2.50 bits per heavy atom. The van der Waals surface area contributed by atoms with Crippen LogP contribution in [0.5, 0.6) is 0 Å². The highest BCUT2D eigenvalue weighted by molar-refractivity contribution is 7.91. The number of anilines is 2. The molecule has 0 radical (unpaired) electrons. The molecule has 0 bridgehead atoms. The molecule has 7 heteroatoms. The van der Waals surface area contributed by atoms with E-state index in [-0.39, 0.29) is 11.5 Å². The lowest BCUT2D eigenvalue weighted by Crippen LogP contribution is -2.28. The molecule has 0 amide bonds. The normalized spacial score (nSPS) is 18.9. The van der Waals surface area contributed by atoms with Crippen molar-refractivity contribution in [1.29, 1.82) is 0 Å². The Morgan fingerprint density at radius 1 is 1.05 bits per heavy atom. The number of aromatic nitrogens is 2. The molecular weight excluding hydrogens is 276 g/mol. The molecule has 1 aliphatic rings. The smallest absolute Gasteiger partial charge is 0.172 e. The molecule has 0 spiro atoms. The van der Waals surface area contributed by atoms with Gasteiger partial charge in [-0.25, -0.2) is 18.4 Å². The topological polar surface area (TPSA) is 89.2 Å². The van der Waals surface area contributed by atoms with Crippen LogP contribution >= 0.6 is 0 Å². The number of nitrogens with two attached hydrogens (primary N) is 1. The first-order valence-electron chi connectivity index (χ1n) is 6.53. The summed E-state index contributed by atoms with van der Waals surface area (Å²) >= 11 is 0. The van der Waals surface area contributed by atoms with E-state index in [0.29, 0.717) is 31.1 Å². The van der Waals surface area contributed by atoms with E-state index >= 15 is 0 Å². The fourth-order valence-electron chi connectivity index (χ4n) is 2.39. The van der Waals surface area contributed by atoms with Crippen LogP contribution < -0.4 is 10.6 Å². The van der Waals surface area contributed by atoms with Crippen molar-refractivity contribution in [1.82, 2.24) is 9.97 Å². The first-order chi connectivity index (χ1) is 9.55. The predicted molar refractivity (Wildman–Crippen MR) is 79.4 cm³/mol. The predicted octanol–water partition coefficient (Wildman–Crippen LogP) is 0.837. The van der Waals surface area contributed by atoms with Crippen LogP contribution in [0.1, 0.15) is 6.42 Å². The van der Waals surface area contributed by atoms with Crippen LogP contribution in [0.2, 0.25) is 0 Å². The van der Waals surface area contributed by atoms with Gasteiger partial charge < -0.3 is 10.6 Å². The number of fused-ring (bicyclic) bond motifs is 1. The van der Waals surface area contributed by atoms with Crippen molar-refractivity contribution in [3.63, 3.8) is 0 Å². The minimum absolute atomic E-state index is 0.140. The fraction of sp³-hybridized carbons (Fsp3) is 0.385. The molecule has 0 saturated carbocycles. The maximum Gasteiger partial charge on any atom is 0.172 e. The first kappa shape index (κ1) is 13.1. The number of nitrogen functional groups attached to an aromatic ring is 1. The summed E-state index contributed by atoms with van der Waals surface area (Å²) in [4.78, 5) is 10.8. The van der Waals surface area contributed by atoms with Crippen LogP contribution in [0.4, 0.5) is 11.6 Å². The van der Waals surface area contributed by atoms with E-state index in [1.807, 2.05) is 29.2 Å². The molecule has 1 aliphatic heterocycles. The summed E-state index contributed by atoms with van der Waals surface area (Å²) in [5.41, 5.74) is 7.49. The van der Waals surface area contributed by atoms with Gasteiger partial charge in [0.05, 0.1) is 22.5 Å². The molecule has 2 N–H and O–H groups in total. The molecule has 1 aromatic carbocycles. The lowest BCUT2D eigenvalue weighted by Gasteiger charge is -2.22. The van der Waals surface area contributed by atoms with Gasteiger partial charge in [-0.3, -0.25) is 0 Å². The Labute approximate surface area is 117 Å². The van der Waals surface area contributed by atoms with Gasteiger partial charge in [0, 0.05) is 13.1 Å². The van der Waals surface area contributed by atoms with Crippen LogP contribution in [0.3, 0.4) is 0 Å². The Kier molecular flexibility index (Phi) is 3.21. The van der Waals surface area contributed by atoms with Crippen molar-refractivity contribution in [3.05, 3.63) is 24.3 Å². The van der Waals surface area contributed by atoms with E-state index in [0.717, 1.165) is 11.0 Å². The molecule has 0 aliphatic carbocycles. The Morgan fingerprint density at radius 2 is 1.75 bits per heavy atom. The second-order valence-electron chi connectivity index (χ2n) is 4.91. The molecule has 6 nitrogen and oxygen atoms in total. The first-order valence-corrected chi connectivity index (χ1v) is 8.35. The zero-order valence-electron chi connectivity index (χ0n) is 11.0. The van der Waals surface area contributed by atoms with E-state index in [1.165, 1.54) is 0 Å². The summed E-state index contributed by atoms with van der Waals surface area (Å²) in [6.07, 6.45) is 0.594. The summed E-state index contributed by atoms with van der Waals surface area (Å²) in [7, 11) is -2.95. The van der Waals surface area contributed by atoms with Crippen LogP contribution in [0.25, 0.3) is 11.0 Å². The van der Waals surface area contributed by atoms with Gasteiger partial charge in [0.1, 0.15) is 0 Å². The number of nitrogens with zero attached hydrogens (tertiary/aromatic N) is 3. The quantitative estimate of drug-likeness (QED) is 0.837. The second-order valence-corrected chi connectivity index (χ2v) is 7.22. The zero-order chi connectivity index (χ0) is 14.2. The van der Waals surface area contributed by atoms with Crippen LogP contribution in [0.15, 0.2) is 24.3 Å². The highest BCUT2D eigenvalue weighted by atomic mass is 32.2. The number of para-hydroxylation sites is 2. The van der Waals surface area contributed by atoms with Gasteiger partial charge in [0.25, 0.3) is 0 Å². The van der Waals surface area contributed by atoms with E-state index < -0.39 is 9.84 Å². The summed E-state index contributed by atoms with van der Waals surface area (Å²) < 4.78 is 23.3. The maximum absolute atomic E-state index is 11.7. The number of rotatable bonds is 1. The molecule has 2 aromatic rings. The molecule has 0 unspecified atom stereocenters. The van der Waals surface area contributed by atoms with Gasteiger partial charge in [0.15, 0.2) is 21.5 Å². The van der Waals surface area contributed by atoms with E-state index in [9.17, 15) is 8.42 Å². The zero-order valence-corrected chi connectivity index (χ0v) is 11.8. The summed E-state index contributed by atoms with van der Waals surface area (Å²) in [5, 5.41) is 0. The van der Waals surface area contributed by atoms with Crippen molar-refractivity contribution in [3.8, 4) is 0 Å². The monoisotopic (exact) mass is 292 g/mol. The Balaban J connectivity index is 1.99. The minimum atomic E-state index is -2.95. The van der Waals surface area contributed by atoms with Crippen LogP contribution in [0, 0.1) is 0 Å². The van der Waals surface area contributed by atoms with Gasteiger partial charge in [-0.2, -0.15) is 0 Å². The third-order valence-electron chi connectivity index (χ3n) is 3.43. The van der Waals surface area contributed by atoms with Gasteiger partial charge >= 0.3 is 0 Å². The molecule has 106 valence electrons. The van der Waals surface area contributed by atoms with Crippen LogP contribution in [-0.4, -0.2) is 43.0 Å². The highest BCUT2D eigenvalue weighted by Crippen LogP contribution is 2.23. The molecule has 1 fully saturated rings. The highest BCUT2D eigenvalue weighted by Gasteiger charge is 2.22.